The Morgan fingerprint density at radius 3 is 2.66 bits per heavy atom. The van der Waals surface area contributed by atoms with Crippen LogP contribution in [0, 0.1) is 5.92 Å². The number of pyridine rings is 1. The lowest BCUT2D eigenvalue weighted by Crippen LogP contribution is -2.35. The number of carbonyl (C=O) groups is 1. The summed E-state index contributed by atoms with van der Waals surface area (Å²) in [6.07, 6.45) is 5.13. The molecule has 2 N–H and O–H groups in total. The number of rotatable bonds is 10. The summed E-state index contributed by atoms with van der Waals surface area (Å²) in [6, 6.07) is 8.98. The number of nitrogens with zero attached hydrogens (tertiary/aromatic N) is 6. The Hall–Kier alpha value is -4.58. The molecule has 0 radical (unpaired) electrons. The quantitative estimate of drug-likeness (QED) is 0.302. The normalized spacial score (nSPS) is 13.1. The Morgan fingerprint density at radius 1 is 1.16 bits per heavy atom. The van der Waals surface area contributed by atoms with Crippen LogP contribution in [-0.2, 0) is 18.3 Å². The SMILES string of the molecule is CCC(=O)c1cnc(Nc2ccn(CC3COC3)c(=O)n2)cc1Nc1cccc(-c2ncn(C)n2)c1OC. The van der Waals surface area contributed by atoms with Crippen molar-refractivity contribution in [2.75, 3.05) is 31.0 Å². The lowest BCUT2D eigenvalue weighted by atomic mass is 10.1. The summed E-state index contributed by atoms with van der Waals surface area (Å²) in [4.78, 5) is 38.1. The van der Waals surface area contributed by atoms with E-state index in [2.05, 4.69) is 30.7 Å². The summed E-state index contributed by atoms with van der Waals surface area (Å²) in [5, 5.41) is 10.8. The number of carbonyl (C=O) groups excluding carboxylic acids is 1. The van der Waals surface area contributed by atoms with Gasteiger partial charge in [-0.2, -0.15) is 10.1 Å². The van der Waals surface area contributed by atoms with Crippen molar-refractivity contribution in [2.24, 2.45) is 13.0 Å². The minimum atomic E-state index is -0.359. The second kappa shape index (κ2) is 10.8. The van der Waals surface area contributed by atoms with Crippen LogP contribution in [0.3, 0.4) is 0 Å². The number of hydrogen-bond acceptors (Lipinski definition) is 10. The number of anilines is 4. The molecule has 1 saturated heterocycles. The first-order chi connectivity index (χ1) is 18.4. The molecule has 196 valence electrons. The standard InChI is InChI=1S/C26H28N8O4/c1-4-21(35)18-11-27-23(30-22-8-9-34(26(36)31-22)12-16-13-38-14-16)10-20(18)29-19-7-5-6-17(24(19)37-3)25-28-15-33(2)32-25/h5-11,15-16H,4,12-14H2,1-3H3,(H2,27,29,30,31,36). The van der Waals surface area contributed by atoms with Crippen molar-refractivity contribution in [2.45, 2.75) is 19.9 Å². The molecule has 3 aromatic heterocycles. The summed E-state index contributed by atoms with van der Waals surface area (Å²) in [7, 11) is 3.36. The van der Waals surface area contributed by atoms with Gasteiger partial charge in [-0.3, -0.25) is 14.0 Å². The number of aromatic nitrogens is 6. The topological polar surface area (TPSA) is 138 Å². The van der Waals surface area contributed by atoms with Crippen molar-refractivity contribution in [1.82, 2.24) is 29.3 Å². The van der Waals surface area contributed by atoms with Gasteiger partial charge in [0.15, 0.2) is 17.4 Å². The highest BCUT2D eigenvalue weighted by Crippen LogP contribution is 2.37. The highest BCUT2D eigenvalue weighted by Gasteiger charge is 2.20. The average molecular weight is 517 g/mol. The van der Waals surface area contributed by atoms with Crippen molar-refractivity contribution in [3.8, 4) is 17.1 Å². The first-order valence-electron chi connectivity index (χ1n) is 12.2. The van der Waals surface area contributed by atoms with Crippen LogP contribution in [0.25, 0.3) is 11.4 Å². The number of benzene rings is 1. The molecule has 0 amide bonds. The van der Waals surface area contributed by atoms with Crippen LogP contribution in [-0.4, -0.2) is 55.4 Å². The van der Waals surface area contributed by atoms with Crippen molar-refractivity contribution in [3.05, 3.63) is 65.1 Å². The molecule has 0 saturated carbocycles. The van der Waals surface area contributed by atoms with E-state index in [1.807, 2.05) is 18.2 Å². The molecule has 0 aliphatic carbocycles. The van der Waals surface area contributed by atoms with Gasteiger partial charge in [0.2, 0.25) is 0 Å². The fourth-order valence-electron chi connectivity index (χ4n) is 4.12. The number of methoxy groups -OCH3 is 1. The number of nitrogens with one attached hydrogen (secondary N) is 2. The third-order valence-corrected chi connectivity index (χ3v) is 6.15. The van der Waals surface area contributed by atoms with Gasteiger partial charge in [-0.25, -0.2) is 14.8 Å². The zero-order chi connectivity index (χ0) is 26.6. The zero-order valence-electron chi connectivity index (χ0n) is 21.3. The molecule has 1 fully saturated rings. The molecule has 12 nitrogen and oxygen atoms in total. The molecule has 1 aliphatic heterocycles. The van der Waals surface area contributed by atoms with Gasteiger partial charge in [0, 0.05) is 44.4 Å². The van der Waals surface area contributed by atoms with E-state index in [1.54, 1.807) is 55.0 Å². The number of aryl methyl sites for hydroxylation is 1. The van der Waals surface area contributed by atoms with Gasteiger partial charge < -0.3 is 20.1 Å². The second-order valence-electron chi connectivity index (χ2n) is 8.92. The molecule has 0 spiro atoms. The van der Waals surface area contributed by atoms with E-state index in [4.69, 9.17) is 9.47 Å². The Morgan fingerprint density at radius 2 is 2.00 bits per heavy atom. The third kappa shape index (κ3) is 5.25. The predicted octanol–water partition coefficient (Wildman–Crippen LogP) is 3.17. The number of para-hydroxylation sites is 1. The number of hydrogen-bond donors (Lipinski definition) is 2. The summed E-state index contributed by atoms with van der Waals surface area (Å²) >= 11 is 0. The second-order valence-corrected chi connectivity index (χ2v) is 8.92. The number of ketones is 1. The van der Waals surface area contributed by atoms with Gasteiger partial charge in [0.05, 0.1) is 42.8 Å². The first kappa shape index (κ1) is 25.1. The fourth-order valence-corrected chi connectivity index (χ4v) is 4.12. The number of ether oxygens (including phenoxy) is 2. The summed E-state index contributed by atoms with van der Waals surface area (Å²) in [5.41, 5.74) is 1.92. The molecule has 38 heavy (non-hydrogen) atoms. The maximum absolute atomic E-state index is 12.7. The molecule has 0 unspecified atom stereocenters. The summed E-state index contributed by atoms with van der Waals surface area (Å²) in [5.74, 6) is 2.07. The molecule has 4 heterocycles. The molecular weight excluding hydrogens is 488 g/mol. The van der Waals surface area contributed by atoms with Crippen LogP contribution in [0.15, 0.2) is 53.8 Å². The predicted molar refractivity (Wildman–Crippen MR) is 141 cm³/mol. The monoisotopic (exact) mass is 516 g/mol. The largest absolute Gasteiger partial charge is 0.494 e. The van der Waals surface area contributed by atoms with E-state index in [0.29, 0.717) is 77.8 Å². The van der Waals surface area contributed by atoms with Crippen molar-refractivity contribution >= 4 is 28.8 Å². The lowest BCUT2D eigenvalue weighted by molar-refractivity contribution is -0.0399. The van der Waals surface area contributed by atoms with Crippen LogP contribution in [0.5, 0.6) is 5.75 Å². The summed E-state index contributed by atoms with van der Waals surface area (Å²) < 4.78 is 14.1. The first-order valence-corrected chi connectivity index (χ1v) is 12.2. The Kier molecular flexibility index (Phi) is 7.13. The van der Waals surface area contributed by atoms with E-state index in [1.165, 1.54) is 6.20 Å². The van der Waals surface area contributed by atoms with Crippen molar-refractivity contribution in [3.63, 3.8) is 0 Å². The molecule has 0 bridgehead atoms. The third-order valence-electron chi connectivity index (χ3n) is 6.15. The van der Waals surface area contributed by atoms with Gasteiger partial charge in [-0.15, -0.1) is 0 Å². The van der Waals surface area contributed by atoms with E-state index < -0.39 is 0 Å². The molecular formula is C26H28N8O4. The average Bonchev–Trinajstić information content (AvgIpc) is 3.33. The molecule has 1 aliphatic rings. The van der Waals surface area contributed by atoms with E-state index in [-0.39, 0.29) is 11.5 Å². The Labute approximate surface area is 218 Å². The van der Waals surface area contributed by atoms with Crippen LogP contribution < -0.4 is 21.1 Å². The summed E-state index contributed by atoms with van der Waals surface area (Å²) in [6.45, 7) is 3.67. The van der Waals surface area contributed by atoms with Gasteiger partial charge in [0.1, 0.15) is 18.0 Å². The highest BCUT2D eigenvalue weighted by atomic mass is 16.5. The van der Waals surface area contributed by atoms with Crippen LogP contribution in [0.4, 0.5) is 23.0 Å². The molecule has 12 heteroatoms. The molecule has 4 aromatic rings. The van der Waals surface area contributed by atoms with E-state index in [0.717, 1.165) is 0 Å². The van der Waals surface area contributed by atoms with Gasteiger partial charge in [-0.1, -0.05) is 13.0 Å². The zero-order valence-corrected chi connectivity index (χ0v) is 21.3. The Bertz CT molecular complexity index is 1530. The van der Waals surface area contributed by atoms with Crippen molar-refractivity contribution < 1.29 is 14.3 Å². The van der Waals surface area contributed by atoms with Crippen LogP contribution in [0.1, 0.15) is 23.7 Å². The van der Waals surface area contributed by atoms with Crippen molar-refractivity contribution in [1.29, 1.82) is 0 Å². The Balaban J connectivity index is 1.45. The van der Waals surface area contributed by atoms with E-state index >= 15 is 0 Å². The van der Waals surface area contributed by atoms with Gasteiger partial charge in [-0.05, 0) is 18.2 Å². The van der Waals surface area contributed by atoms with Gasteiger partial charge in [0.25, 0.3) is 0 Å². The fraction of sp³-hybridized carbons (Fsp3) is 0.308. The molecule has 1 aromatic carbocycles. The molecule has 5 rings (SSSR count). The molecule has 0 atom stereocenters. The van der Waals surface area contributed by atoms with Crippen LogP contribution in [0.2, 0.25) is 0 Å². The number of Topliss-reactive ketones (excluding diaryl/α,β-unsaturated/α-hetero) is 1. The van der Waals surface area contributed by atoms with Crippen LogP contribution >= 0.6 is 0 Å². The minimum absolute atomic E-state index is 0.0752. The smallest absolute Gasteiger partial charge is 0.349 e. The highest BCUT2D eigenvalue weighted by molar-refractivity contribution is 6.02. The maximum Gasteiger partial charge on any atom is 0.349 e. The maximum atomic E-state index is 12.7. The van der Waals surface area contributed by atoms with E-state index in [9.17, 15) is 9.59 Å². The minimum Gasteiger partial charge on any atom is -0.494 e. The van der Waals surface area contributed by atoms with Gasteiger partial charge >= 0.3 is 5.69 Å². The lowest BCUT2D eigenvalue weighted by Gasteiger charge is -2.26.